The first kappa shape index (κ1) is 13.2. The Hall–Kier alpha value is -1.81. The van der Waals surface area contributed by atoms with Crippen molar-refractivity contribution < 1.29 is 4.52 Å². The lowest BCUT2D eigenvalue weighted by Crippen LogP contribution is -2.18. The van der Waals surface area contributed by atoms with Gasteiger partial charge in [-0.2, -0.15) is 0 Å². The number of nitrogens with two attached hydrogens (primary N) is 1. The highest BCUT2D eigenvalue weighted by Gasteiger charge is 2.17. The molecule has 1 aliphatic rings. The summed E-state index contributed by atoms with van der Waals surface area (Å²) in [5.41, 5.74) is 9.19. The van der Waals surface area contributed by atoms with Crippen LogP contribution in [0.1, 0.15) is 30.7 Å². The van der Waals surface area contributed by atoms with Gasteiger partial charge in [0.15, 0.2) is 0 Å². The summed E-state index contributed by atoms with van der Waals surface area (Å²) in [6.45, 7) is 2.37. The molecule has 1 aliphatic heterocycles. The van der Waals surface area contributed by atoms with Crippen molar-refractivity contribution in [2.24, 2.45) is 0 Å². The quantitative estimate of drug-likeness (QED) is 0.911. The van der Waals surface area contributed by atoms with E-state index in [9.17, 15) is 0 Å². The first-order valence-electron chi connectivity index (χ1n) is 7.23. The molecule has 4 nitrogen and oxygen atoms in total. The number of hydrogen-bond acceptors (Lipinski definition) is 4. The number of nitrogen functional groups attached to an aromatic ring is 1. The average molecular weight is 271 g/mol. The van der Waals surface area contributed by atoms with Crippen LogP contribution in [-0.4, -0.2) is 30.2 Å². The highest BCUT2D eigenvalue weighted by atomic mass is 16.5. The lowest BCUT2D eigenvalue weighted by Gasteiger charge is -2.16. The van der Waals surface area contributed by atoms with Crippen LogP contribution in [0.4, 0.5) is 5.88 Å². The largest absolute Gasteiger partial charge is 0.367 e. The van der Waals surface area contributed by atoms with Gasteiger partial charge in [-0.25, -0.2) is 0 Å². The Kier molecular flexibility index (Phi) is 3.74. The molecule has 2 N–H and O–H groups in total. The molecular weight excluding hydrogens is 250 g/mol. The Balaban J connectivity index is 1.86. The van der Waals surface area contributed by atoms with Gasteiger partial charge in [-0.3, -0.25) is 0 Å². The van der Waals surface area contributed by atoms with Crippen molar-refractivity contribution in [3.63, 3.8) is 0 Å². The maximum atomic E-state index is 5.81. The number of benzene rings is 1. The van der Waals surface area contributed by atoms with Crippen molar-refractivity contribution in [3.05, 3.63) is 36.0 Å². The molecule has 1 unspecified atom stereocenters. The Morgan fingerprint density at radius 3 is 3.00 bits per heavy atom. The van der Waals surface area contributed by atoms with Crippen LogP contribution in [0, 0.1) is 0 Å². The molecule has 1 fully saturated rings. The molecule has 1 aromatic heterocycles. The monoisotopic (exact) mass is 271 g/mol. The van der Waals surface area contributed by atoms with Crippen molar-refractivity contribution in [2.75, 3.05) is 25.9 Å². The van der Waals surface area contributed by atoms with Crippen LogP contribution in [0.25, 0.3) is 11.1 Å². The van der Waals surface area contributed by atoms with Crippen LogP contribution in [-0.2, 0) is 0 Å². The van der Waals surface area contributed by atoms with Crippen LogP contribution < -0.4 is 5.73 Å². The molecule has 4 heteroatoms. The second-order valence-electron chi connectivity index (χ2n) is 5.66. The molecule has 0 radical (unpaired) electrons. The van der Waals surface area contributed by atoms with Gasteiger partial charge in [0.25, 0.3) is 0 Å². The summed E-state index contributed by atoms with van der Waals surface area (Å²) in [7, 11) is 2.21. The first-order valence-corrected chi connectivity index (χ1v) is 7.23. The predicted molar refractivity (Wildman–Crippen MR) is 80.4 cm³/mol. The van der Waals surface area contributed by atoms with Crippen LogP contribution in [0.5, 0.6) is 0 Å². The van der Waals surface area contributed by atoms with Crippen molar-refractivity contribution in [3.8, 4) is 11.1 Å². The van der Waals surface area contributed by atoms with Crippen LogP contribution in [0.15, 0.2) is 35.0 Å². The van der Waals surface area contributed by atoms with E-state index in [0.717, 1.165) is 11.1 Å². The molecule has 1 aromatic carbocycles. The molecule has 2 heterocycles. The van der Waals surface area contributed by atoms with Crippen molar-refractivity contribution in [1.29, 1.82) is 0 Å². The van der Waals surface area contributed by atoms with Gasteiger partial charge in [0.2, 0.25) is 5.88 Å². The smallest absolute Gasteiger partial charge is 0.229 e. The van der Waals surface area contributed by atoms with Crippen LogP contribution in [0.2, 0.25) is 0 Å². The van der Waals surface area contributed by atoms with Crippen molar-refractivity contribution in [1.82, 2.24) is 10.1 Å². The Bertz CT molecular complexity index is 579. The van der Waals surface area contributed by atoms with Crippen LogP contribution in [0.3, 0.4) is 0 Å². The third-order valence-corrected chi connectivity index (χ3v) is 4.22. The molecule has 0 saturated carbocycles. The Morgan fingerprint density at radius 1 is 1.30 bits per heavy atom. The summed E-state index contributed by atoms with van der Waals surface area (Å²) in [4.78, 5) is 2.42. The molecule has 106 valence electrons. The number of aromatic nitrogens is 1. The lowest BCUT2D eigenvalue weighted by molar-refractivity contribution is 0.347. The fraction of sp³-hybridized carbons (Fsp3) is 0.438. The van der Waals surface area contributed by atoms with Gasteiger partial charge in [0.1, 0.15) is 0 Å². The first-order chi connectivity index (χ1) is 9.74. The topological polar surface area (TPSA) is 55.3 Å². The van der Waals surface area contributed by atoms with E-state index in [1.54, 1.807) is 6.20 Å². The second-order valence-corrected chi connectivity index (χ2v) is 5.66. The third-order valence-electron chi connectivity index (χ3n) is 4.22. The summed E-state index contributed by atoms with van der Waals surface area (Å²) in [5.74, 6) is 1.03. The second kappa shape index (κ2) is 5.67. The molecule has 0 aliphatic carbocycles. The molecule has 0 spiro atoms. The van der Waals surface area contributed by atoms with E-state index in [0.29, 0.717) is 11.8 Å². The van der Waals surface area contributed by atoms with Gasteiger partial charge >= 0.3 is 0 Å². The van der Waals surface area contributed by atoms with E-state index in [4.69, 9.17) is 10.3 Å². The number of anilines is 1. The molecule has 3 rings (SSSR count). The summed E-state index contributed by atoms with van der Waals surface area (Å²) in [5, 5.41) is 3.76. The van der Waals surface area contributed by atoms with E-state index >= 15 is 0 Å². The van der Waals surface area contributed by atoms with E-state index in [1.807, 2.05) is 0 Å². The Labute approximate surface area is 119 Å². The van der Waals surface area contributed by atoms with Gasteiger partial charge < -0.3 is 15.2 Å². The molecule has 0 amide bonds. The minimum Gasteiger partial charge on any atom is -0.367 e. The summed E-state index contributed by atoms with van der Waals surface area (Å²) in [6.07, 6.45) is 5.43. The zero-order valence-corrected chi connectivity index (χ0v) is 11.9. The fourth-order valence-electron chi connectivity index (χ4n) is 3.00. The molecule has 1 atom stereocenters. The molecule has 20 heavy (non-hydrogen) atoms. The summed E-state index contributed by atoms with van der Waals surface area (Å²) >= 11 is 0. The third kappa shape index (κ3) is 2.70. The normalized spacial score (nSPS) is 20.8. The minimum absolute atomic E-state index is 0.391. The van der Waals surface area contributed by atoms with E-state index in [2.05, 4.69) is 41.4 Å². The number of rotatable bonds is 2. The maximum Gasteiger partial charge on any atom is 0.229 e. The minimum atomic E-state index is 0.391. The van der Waals surface area contributed by atoms with Gasteiger partial charge in [-0.05, 0) is 56.4 Å². The lowest BCUT2D eigenvalue weighted by atomic mass is 9.90. The Morgan fingerprint density at radius 2 is 2.20 bits per heavy atom. The highest BCUT2D eigenvalue weighted by Crippen LogP contribution is 2.32. The summed E-state index contributed by atoms with van der Waals surface area (Å²) in [6, 6.07) is 8.63. The van der Waals surface area contributed by atoms with Crippen molar-refractivity contribution in [2.45, 2.75) is 25.2 Å². The van der Waals surface area contributed by atoms with E-state index in [-0.39, 0.29) is 0 Å². The number of likely N-dealkylation sites (tertiary alicyclic amines) is 1. The van der Waals surface area contributed by atoms with Gasteiger partial charge in [-0.15, -0.1) is 0 Å². The van der Waals surface area contributed by atoms with Crippen LogP contribution >= 0.6 is 0 Å². The van der Waals surface area contributed by atoms with Gasteiger partial charge in [-0.1, -0.05) is 29.4 Å². The molecule has 0 bridgehead atoms. The van der Waals surface area contributed by atoms with Gasteiger partial charge in [0.05, 0.1) is 11.8 Å². The standard InChI is InChI=1S/C16H21N3O/c1-19-8-3-6-12(7-9-19)13-4-2-5-14(10-13)15-11-18-20-16(15)17/h2,4-5,10-12H,3,6-9,17H2,1H3. The van der Waals surface area contributed by atoms with E-state index < -0.39 is 0 Å². The van der Waals surface area contributed by atoms with E-state index in [1.165, 1.54) is 37.9 Å². The summed E-state index contributed by atoms with van der Waals surface area (Å²) < 4.78 is 4.96. The fourth-order valence-corrected chi connectivity index (χ4v) is 3.00. The zero-order chi connectivity index (χ0) is 13.9. The zero-order valence-electron chi connectivity index (χ0n) is 11.9. The van der Waals surface area contributed by atoms with Gasteiger partial charge in [0, 0.05) is 0 Å². The highest BCUT2D eigenvalue weighted by molar-refractivity contribution is 5.72. The maximum absolute atomic E-state index is 5.81. The number of hydrogen-bond donors (Lipinski definition) is 1. The average Bonchev–Trinajstić information content (AvgIpc) is 2.76. The van der Waals surface area contributed by atoms with Crippen molar-refractivity contribution >= 4 is 5.88 Å². The predicted octanol–water partition coefficient (Wildman–Crippen LogP) is 3.12. The molecule has 2 aromatic rings. The molecular formula is C16H21N3O. The molecule has 1 saturated heterocycles. The SMILES string of the molecule is CN1CCCC(c2cccc(-c3cnoc3N)c2)CC1. The number of nitrogens with zero attached hydrogens (tertiary/aromatic N) is 2.